The molecule has 6 aromatic carbocycles. The van der Waals surface area contributed by atoms with Crippen molar-refractivity contribution < 1.29 is 19.1 Å². The number of carbonyl (C=O) groups is 3. The molecule has 1 atom stereocenters. The summed E-state index contributed by atoms with van der Waals surface area (Å²) in [5.41, 5.74) is 3.30. The molecule has 3 N–H and O–H groups in total. The number of hydrogen-bond acceptors (Lipinski definition) is 5. The van der Waals surface area contributed by atoms with E-state index in [1.54, 1.807) is 36.4 Å². The molecule has 0 fully saturated rings. The first-order valence-corrected chi connectivity index (χ1v) is 17.1. The SMILES string of the molecule is CCOc1ccc(NC(=O)C(Sc2cccc(NC(=O)/C(=C\c3cccc4ccccc34)NC(=O)c3ccccc3)c2)c2ccccc2)cc1. The van der Waals surface area contributed by atoms with Gasteiger partial charge in [0.05, 0.1) is 6.61 Å². The first kappa shape index (κ1) is 33.8. The smallest absolute Gasteiger partial charge is 0.272 e. The predicted octanol–water partition coefficient (Wildman–Crippen LogP) is 9.12. The zero-order valence-electron chi connectivity index (χ0n) is 27.3. The normalized spacial score (nSPS) is 11.7. The largest absolute Gasteiger partial charge is 0.494 e. The summed E-state index contributed by atoms with van der Waals surface area (Å²) in [5.74, 6) is -0.352. The van der Waals surface area contributed by atoms with Crippen molar-refractivity contribution in [2.45, 2.75) is 17.1 Å². The number of hydrogen-bond donors (Lipinski definition) is 3. The van der Waals surface area contributed by atoms with Gasteiger partial charge in [-0.15, -0.1) is 11.8 Å². The lowest BCUT2D eigenvalue weighted by Crippen LogP contribution is -2.30. The molecule has 6 aromatic rings. The summed E-state index contributed by atoms with van der Waals surface area (Å²) < 4.78 is 5.53. The van der Waals surface area contributed by atoms with Crippen molar-refractivity contribution in [2.24, 2.45) is 0 Å². The molecule has 0 saturated heterocycles. The molecule has 0 aromatic heterocycles. The van der Waals surface area contributed by atoms with Gasteiger partial charge in [-0.2, -0.15) is 0 Å². The highest BCUT2D eigenvalue weighted by molar-refractivity contribution is 8.00. The van der Waals surface area contributed by atoms with E-state index in [2.05, 4.69) is 16.0 Å². The molecule has 0 saturated carbocycles. The number of ether oxygens (including phenoxy) is 1. The Labute approximate surface area is 295 Å². The number of carbonyl (C=O) groups excluding carboxylic acids is 3. The minimum atomic E-state index is -0.583. The maximum absolute atomic E-state index is 13.9. The first-order valence-electron chi connectivity index (χ1n) is 16.2. The van der Waals surface area contributed by atoms with Gasteiger partial charge in [-0.3, -0.25) is 14.4 Å². The van der Waals surface area contributed by atoms with Gasteiger partial charge >= 0.3 is 0 Å². The number of rotatable bonds is 12. The molecular weight excluding hydrogens is 643 g/mol. The third-order valence-corrected chi connectivity index (χ3v) is 9.02. The highest BCUT2D eigenvalue weighted by Crippen LogP contribution is 2.37. The Balaban J connectivity index is 1.25. The Kier molecular flexibility index (Phi) is 11.0. The molecule has 7 nitrogen and oxygen atoms in total. The zero-order chi connectivity index (χ0) is 34.7. The van der Waals surface area contributed by atoms with Crippen molar-refractivity contribution >= 4 is 57.7 Å². The van der Waals surface area contributed by atoms with Crippen LogP contribution in [0.2, 0.25) is 0 Å². The van der Waals surface area contributed by atoms with Crippen molar-refractivity contribution in [1.82, 2.24) is 5.32 Å². The van der Waals surface area contributed by atoms with Gasteiger partial charge in [0.1, 0.15) is 16.7 Å². The van der Waals surface area contributed by atoms with Crippen LogP contribution < -0.4 is 20.7 Å². The van der Waals surface area contributed by atoms with E-state index in [4.69, 9.17) is 4.74 Å². The van der Waals surface area contributed by atoms with Crippen LogP contribution in [0.15, 0.2) is 162 Å². The molecule has 0 aliphatic rings. The fraction of sp³-hybridized carbons (Fsp3) is 0.0714. The van der Waals surface area contributed by atoms with Crippen LogP contribution in [0.25, 0.3) is 16.8 Å². The van der Waals surface area contributed by atoms with Gasteiger partial charge in [0.25, 0.3) is 11.8 Å². The molecular formula is C42H35N3O4S. The van der Waals surface area contributed by atoms with Crippen molar-refractivity contribution in [3.8, 4) is 5.75 Å². The summed E-state index contributed by atoms with van der Waals surface area (Å²) >= 11 is 1.37. The summed E-state index contributed by atoms with van der Waals surface area (Å²) in [6.07, 6.45) is 1.69. The minimum Gasteiger partial charge on any atom is -0.494 e. The maximum atomic E-state index is 13.9. The lowest BCUT2D eigenvalue weighted by atomic mass is 10.0. The molecule has 0 bridgehead atoms. The summed E-state index contributed by atoms with van der Waals surface area (Å²) in [6.45, 7) is 2.48. The summed E-state index contributed by atoms with van der Waals surface area (Å²) in [4.78, 5) is 41.6. The molecule has 0 heterocycles. The number of benzene rings is 6. The first-order chi connectivity index (χ1) is 24.5. The quantitative estimate of drug-likeness (QED) is 0.0887. The highest BCUT2D eigenvalue weighted by Gasteiger charge is 2.23. The van der Waals surface area contributed by atoms with Gasteiger partial charge in [0.2, 0.25) is 5.91 Å². The molecule has 0 radical (unpaired) electrons. The maximum Gasteiger partial charge on any atom is 0.272 e. The van der Waals surface area contributed by atoms with E-state index in [0.29, 0.717) is 23.5 Å². The van der Waals surface area contributed by atoms with Crippen molar-refractivity contribution in [1.29, 1.82) is 0 Å². The second-order valence-corrected chi connectivity index (χ2v) is 12.5. The van der Waals surface area contributed by atoms with E-state index in [0.717, 1.165) is 32.5 Å². The van der Waals surface area contributed by atoms with Crippen LogP contribution in [-0.4, -0.2) is 24.3 Å². The molecule has 50 heavy (non-hydrogen) atoms. The Bertz CT molecular complexity index is 2130. The summed E-state index contributed by atoms with van der Waals surface area (Å²) in [6, 6.07) is 46.6. The fourth-order valence-electron chi connectivity index (χ4n) is 5.37. The molecule has 3 amide bonds. The third-order valence-electron chi connectivity index (χ3n) is 7.77. The lowest BCUT2D eigenvalue weighted by molar-refractivity contribution is -0.116. The van der Waals surface area contributed by atoms with E-state index < -0.39 is 17.1 Å². The molecule has 1 unspecified atom stereocenters. The van der Waals surface area contributed by atoms with Crippen LogP contribution in [0.3, 0.4) is 0 Å². The minimum absolute atomic E-state index is 0.0881. The molecule has 0 aliphatic carbocycles. The molecule has 0 spiro atoms. The Morgan fingerprint density at radius 1 is 0.700 bits per heavy atom. The zero-order valence-corrected chi connectivity index (χ0v) is 28.2. The molecule has 6 rings (SSSR count). The van der Waals surface area contributed by atoms with Gasteiger partial charge in [-0.1, -0.05) is 97.1 Å². The topological polar surface area (TPSA) is 96.5 Å². The van der Waals surface area contributed by atoms with Crippen molar-refractivity contribution in [2.75, 3.05) is 17.2 Å². The lowest BCUT2D eigenvalue weighted by Gasteiger charge is -2.18. The van der Waals surface area contributed by atoms with Gasteiger partial charge < -0.3 is 20.7 Å². The summed E-state index contributed by atoms with van der Waals surface area (Å²) in [7, 11) is 0. The van der Waals surface area contributed by atoms with E-state index >= 15 is 0 Å². The number of nitrogens with one attached hydrogen (secondary N) is 3. The standard InChI is InChI=1S/C42H35N3O4S/c1-2-49-35-25-23-33(24-26-35)43-42(48)39(30-14-5-3-6-15-30)50-36-21-12-20-34(28-36)44-41(47)38(45-40(46)31-16-7-4-8-17-31)27-32-19-11-18-29-13-9-10-22-37(29)32/h3-28,39H,2H2,1H3,(H,43,48)(H,44,47)(H,45,46)/b38-27+. The van der Waals surface area contributed by atoms with E-state index in [1.807, 2.05) is 128 Å². The fourth-order valence-corrected chi connectivity index (χ4v) is 6.45. The van der Waals surface area contributed by atoms with Crippen LogP contribution in [0, 0.1) is 0 Å². The monoisotopic (exact) mass is 677 g/mol. The second kappa shape index (κ2) is 16.3. The molecule has 0 aliphatic heterocycles. The Hall–Kier alpha value is -6.12. The number of fused-ring (bicyclic) bond motifs is 1. The van der Waals surface area contributed by atoms with Gasteiger partial charge in [0, 0.05) is 21.8 Å². The van der Waals surface area contributed by atoms with Crippen LogP contribution >= 0.6 is 11.8 Å². The molecule has 8 heteroatoms. The van der Waals surface area contributed by atoms with E-state index in [-0.39, 0.29) is 11.6 Å². The van der Waals surface area contributed by atoms with E-state index in [1.165, 1.54) is 11.8 Å². The third kappa shape index (κ3) is 8.66. The van der Waals surface area contributed by atoms with Gasteiger partial charge in [-0.05, 0) is 89.5 Å². The van der Waals surface area contributed by atoms with Crippen LogP contribution in [0.4, 0.5) is 11.4 Å². The van der Waals surface area contributed by atoms with Crippen LogP contribution in [-0.2, 0) is 9.59 Å². The van der Waals surface area contributed by atoms with Crippen LogP contribution in [0.5, 0.6) is 5.75 Å². The van der Waals surface area contributed by atoms with E-state index in [9.17, 15) is 14.4 Å². The Morgan fingerprint density at radius 2 is 1.38 bits per heavy atom. The average Bonchev–Trinajstić information content (AvgIpc) is 3.15. The molecule has 248 valence electrons. The van der Waals surface area contributed by atoms with Crippen molar-refractivity contribution in [3.63, 3.8) is 0 Å². The van der Waals surface area contributed by atoms with Gasteiger partial charge in [-0.25, -0.2) is 0 Å². The number of anilines is 2. The second-order valence-electron chi connectivity index (χ2n) is 11.3. The highest BCUT2D eigenvalue weighted by atomic mass is 32.2. The predicted molar refractivity (Wildman–Crippen MR) is 202 cm³/mol. The number of amides is 3. The van der Waals surface area contributed by atoms with Crippen molar-refractivity contribution in [3.05, 3.63) is 174 Å². The number of thioether (sulfide) groups is 1. The van der Waals surface area contributed by atoms with Crippen LogP contribution in [0.1, 0.15) is 33.7 Å². The summed E-state index contributed by atoms with van der Waals surface area (Å²) in [5, 5.41) is 10.2. The van der Waals surface area contributed by atoms with Gasteiger partial charge in [0.15, 0.2) is 0 Å². The Morgan fingerprint density at radius 3 is 2.14 bits per heavy atom. The average molecular weight is 678 g/mol.